The summed E-state index contributed by atoms with van der Waals surface area (Å²) in [5.74, 6) is 1.41. The van der Waals surface area contributed by atoms with Crippen LogP contribution in [0.4, 0.5) is 5.69 Å². The highest BCUT2D eigenvalue weighted by molar-refractivity contribution is 5.96. The van der Waals surface area contributed by atoms with Crippen LogP contribution in [0.1, 0.15) is 63.3 Å². The summed E-state index contributed by atoms with van der Waals surface area (Å²) in [6.45, 7) is 6.10. The summed E-state index contributed by atoms with van der Waals surface area (Å²) < 4.78 is 2.34. The van der Waals surface area contributed by atoms with Crippen LogP contribution in [0.25, 0.3) is 11.0 Å². The number of para-hydroxylation sites is 2. The van der Waals surface area contributed by atoms with Crippen molar-refractivity contribution in [2.24, 2.45) is 0 Å². The number of rotatable bonds is 8. The van der Waals surface area contributed by atoms with E-state index in [1.54, 1.807) is 0 Å². The molecule has 4 nitrogen and oxygen atoms in total. The fourth-order valence-corrected chi connectivity index (χ4v) is 4.31. The molecular formula is C25H31N3O. The molecule has 3 aromatic rings. The molecule has 1 amide bonds. The molecule has 152 valence electrons. The van der Waals surface area contributed by atoms with Gasteiger partial charge in [0.1, 0.15) is 5.82 Å². The Morgan fingerprint density at radius 2 is 1.76 bits per heavy atom. The minimum absolute atomic E-state index is 0.145. The Hall–Kier alpha value is -2.62. The quantitative estimate of drug-likeness (QED) is 0.496. The standard InChI is InChI=1S/C25H31N3O/c1-3-5-9-19-12-14-21(15-13-19)28-18-20(17-24(28)29)25-26-22-10-7-8-11-23(22)27(25)16-6-4-2/h7-8,10-15,20H,3-6,9,16-18H2,1-2H3. The molecule has 0 saturated carbocycles. The van der Waals surface area contributed by atoms with Crippen LogP contribution < -0.4 is 4.90 Å². The van der Waals surface area contributed by atoms with E-state index < -0.39 is 0 Å². The zero-order valence-corrected chi connectivity index (χ0v) is 17.6. The number of carbonyl (C=O) groups is 1. The number of nitrogens with zero attached hydrogens (tertiary/aromatic N) is 3. The number of hydrogen-bond acceptors (Lipinski definition) is 2. The summed E-state index contributed by atoms with van der Waals surface area (Å²) in [7, 11) is 0. The number of amides is 1. The number of imidazole rings is 1. The average molecular weight is 390 g/mol. The van der Waals surface area contributed by atoms with Crippen LogP contribution in [0, 0.1) is 0 Å². The minimum atomic E-state index is 0.145. The molecule has 0 N–H and O–H groups in total. The maximum atomic E-state index is 12.8. The highest BCUT2D eigenvalue weighted by Gasteiger charge is 2.34. The first kappa shape index (κ1) is 19.7. The van der Waals surface area contributed by atoms with E-state index >= 15 is 0 Å². The van der Waals surface area contributed by atoms with E-state index in [0.717, 1.165) is 42.8 Å². The van der Waals surface area contributed by atoms with Crippen molar-refractivity contribution in [2.45, 2.75) is 64.8 Å². The second kappa shape index (κ2) is 8.81. The molecule has 0 radical (unpaired) electrons. The van der Waals surface area contributed by atoms with E-state index in [1.807, 2.05) is 11.0 Å². The van der Waals surface area contributed by atoms with Gasteiger partial charge in [0.2, 0.25) is 5.91 Å². The molecule has 2 heterocycles. The number of aryl methyl sites for hydroxylation is 2. The lowest BCUT2D eigenvalue weighted by Crippen LogP contribution is -2.24. The normalized spacial score (nSPS) is 16.8. The van der Waals surface area contributed by atoms with Crippen LogP contribution in [0.15, 0.2) is 48.5 Å². The topological polar surface area (TPSA) is 38.1 Å². The summed E-state index contributed by atoms with van der Waals surface area (Å²) in [5, 5.41) is 0. The van der Waals surface area contributed by atoms with Crippen molar-refractivity contribution < 1.29 is 4.79 Å². The molecule has 0 spiro atoms. The molecule has 0 bridgehead atoms. The van der Waals surface area contributed by atoms with E-state index in [0.29, 0.717) is 13.0 Å². The van der Waals surface area contributed by atoms with Crippen LogP contribution in [0.5, 0.6) is 0 Å². The maximum absolute atomic E-state index is 12.8. The fourth-order valence-electron chi connectivity index (χ4n) is 4.31. The van der Waals surface area contributed by atoms with Crippen molar-refractivity contribution in [1.29, 1.82) is 0 Å². The Kier molecular flexibility index (Phi) is 5.98. The van der Waals surface area contributed by atoms with Crippen molar-refractivity contribution in [1.82, 2.24) is 9.55 Å². The van der Waals surface area contributed by atoms with Gasteiger partial charge in [0, 0.05) is 31.1 Å². The average Bonchev–Trinajstić information content (AvgIpc) is 3.31. The third-order valence-corrected chi connectivity index (χ3v) is 5.98. The van der Waals surface area contributed by atoms with Gasteiger partial charge in [0.25, 0.3) is 0 Å². The number of aromatic nitrogens is 2. The zero-order chi connectivity index (χ0) is 20.2. The molecular weight excluding hydrogens is 358 g/mol. The molecule has 4 rings (SSSR count). The van der Waals surface area contributed by atoms with E-state index in [4.69, 9.17) is 4.98 Å². The lowest BCUT2D eigenvalue weighted by atomic mass is 10.1. The van der Waals surface area contributed by atoms with Crippen LogP contribution >= 0.6 is 0 Å². The van der Waals surface area contributed by atoms with Gasteiger partial charge in [-0.25, -0.2) is 4.98 Å². The summed E-state index contributed by atoms with van der Waals surface area (Å²) in [4.78, 5) is 19.7. The van der Waals surface area contributed by atoms with Gasteiger partial charge in [0.05, 0.1) is 11.0 Å². The lowest BCUT2D eigenvalue weighted by molar-refractivity contribution is -0.117. The Labute approximate surface area is 173 Å². The van der Waals surface area contributed by atoms with E-state index in [9.17, 15) is 4.79 Å². The number of fused-ring (bicyclic) bond motifs is 1. The molecule has 1 aliphatic rings. The molecule has 1 atom stereocenters. The summed E-state index contributed by atoms with van der Waals surface area (Å²) in [5.41, 5.74) is 4.57. The van der Waals surface area contributed by atoms with Crippen molar-refractivity contribution >= 4 is 22.6 Å². The molecule has 2 aromatic carbocycles. The molecule has 1 fully saturated rings. The van der Waals surface area contributed by atoms with Crippen molar-refractivity contribution in [3.8, 4) is 0 Å². The van der Waals surface area contributed by atoms with Crippen molar-refractivity contribution in [3.05, 3.63) is 59.9 Å². The molecule has 1 saturated heterocycles. The third kappa shape index (κ3) is 4.07. The van der Waals surface area contributed by atoms with Crippen LogP contribution in [0.2, 0.25) is 0 Å². The van der Waals surface area contributed by atoms with Crippen LogP contribution in [0.3, 0.4) is 0 Å². The number of anilines is 1. The van der Waals surface area contributed by atoms with Crippen LogP contribution in [-0.2, 0) is 17.8 Å². The minimum Gasteiger partial charge on any atom is -0.328 e. The molecule has 1 unspecified atom stereocenters. The number of benzene rings is 2. The number of hydrogen-bond donors (Lipinski definition) is 0. The molecule has 1 aliphatic heterocycles. The molecule has 4 heteroatoms. The summed E-state index contributed by atoms with van der Waals surface area (Å²) >= 11 is 0. The summed E-state index contributed by atoms with van der Waals surface area (Å²) in [6, 6.07) is 16.9. The maximum Gasteiger partial charge on any atom is 0.227 e. The van der Waals surface area contributed by atoms with E-state index in [2.05, 4.69) is 60.9 Å². The predicted molar refractivity (Wildman–Crippen MR) is 119 cm³/mol. The smallest absolute Gasteiger partial charge is 0.227 e. The fraction of sp³-hybridized carbons (Fsp3) is 0.440. The Balaban J connectivity index is 1.57. The van der Waals surface area contributed by atoms with Gasteiger partial charge in [-0.1, -0.05) is 51.0 Å². The zero-order valence-electron chi connectivity index (χ0n) is 17.6. The first-order chi connectivity index (χ1) is 14.2. The Bertz CT molecular complexity index is 973. The van der Waals surface area contributed by atoms with E-state index in [1.165, 1.54) is 23.9 Å². The van der Waals surface area contributed by atoms with Gasteiger partial charge in [-0.05, 0) is 49.1 Å². The van der Waals surface area contributed by atoms with Gasteiger partial charge in [0.15, 0.2) is 0 Å². The van der Waals surface area contributed by atoms with Gasteiger partial charge in [-0.15, -0.1) is 0 Å². The van der Waals surface area contributed by atoms with Gasteiger partial charge in [-0.3, -0.25) is 4.79 Å². The predicted octanol–water partition coefficient (Wildman–Crippen LogP) is 5.70. The Morgan fingerprint density at radius 3 is 2.52 bits per heavy atom. The first-order valence-electron chi connectivity index (χ1n) is 11.1. The Morgan fingerprint density at radius 1 is 1.00 bits per heavy atom. The van der Waals surface area contributed by atoms with Gasteiger partial charge < -0.3 is 9.47 Å². The van der Waals surface area contributed by atoms with Crippen LogP contribution in [-0.4, -0.2) is 22.0 Å². The van der Waals surface area contributed by atoms with Crippen molar-refractivity contribution in [2.75, 3.05) is 11.4 Å². The van der Waals surface area contributed by atoms with Crippen molar-refractivity contribution in [3.63, 3.8) is 0 Å². The molecule has 0 aliphatic carbocycles. The second-order valence-corrected chi connectivity index (χ2v) is 8.14. The van der Waals surface area contributed by atoms with Gasteiger partial charge >= 0.3 is 0 Å². The number of unbranched alkanes of at least 4 members (excludes halogenated alkanes) is 2. The van der Waals surface area contributed by atoms with E-state index in [-0.39, 0.29) is 11.8 Å². The molecule has 29 heavy (non-hydrogen) atoms. The highest BCUT2D eigenvalue weighted by atomic mass is 16.2. The lowest BCUT2D eigenvalue weighted by Gasteiger charge is -2.18. The first-order valence-corrected chi connectivity index (χ1v) is 11.1. The SMILES string of the molecule is CCCCc1ccc(N2CC(c3nc4ccccc4n3CCCC)CC2=O)cc1. The molecule has 1 aromatic heterocycles. The largest absolute Gasteiger partial charge is 0.328 e. The third-order valence-electron chi connectivity index (χ3n) is 5.98. The number of carbonyl (C=O) groups excluding carboxylic acids is 1. The summed E-state index contributed by atoms with van der Waals surface area (Å²) in [6.07, 6.45) is 6.32. The highest BCUT2D eigenvalue weighted by Crippen LogP contribution is 2.33. The van der Waals surface area contributed by atoms with Gasteiger partial charge in [-0.2, -0.15) is 0 Å². The second-order valence-electron chi connectivity index (χ2n) is 8.14. The monoisotopic (exact) mass is 389 g/mol.